The normalized spacial score (nSPS) is 11.7. The highest BCUT2D eigenvalue weighted by Crippen LogP contribution is 2.19. The molecule has 2 aromatic carbocycles. The first-order chi connectivity index (χ1) is 10.7. The van der Waals surface area contributed by atoms with Gasteiger partial charge in [-0.25, -0.2) is 4.39 Å². The molecular weight excluding hydrogens is 271 g/mol. The van der Waals surface area contributed by atoms with Crippen LogP contribution in [0.3, 0.4) is 0 Å². The van der Waals surface area contributed by atoms with Crippen LogP contribution in [0.4, 0.5) is 4.39 Å². The summed E-state index contributed by atoms with van der Waals surface area (Å²) in [5.41, 5.74) is 4.59. The summed E-state index contributed by atoms with van der Waals surface area (Å²) in [5.74, 6) is -0.114. The van der Waals surface area contributed by atoms with Crippen molar-refractivity contribution >= 4 is 5.83 Å². The summed E-state index contributed by atoms with van der Waals surface area (Å²) >= 11 is 0. The Morgan fingerprint density at radius 1 is 0.818 bits per heavy atom. The predicted molar refractivity (Wildman–Crippen MR) is 93.7 cm³/mol. The van der Waals surface area contributed by atoms with Gasteiger partial charge < -0.3 is 0 Å². The number of allylic oxidation sites excluding steroid dienone is 1. The Balaban J connectivity index is 2.01. The van der Waals surface area contributed by atoms with Crippen LogP contribution in [-0.4, -0.2) is 0 Å². The van der Waals surface area contributed by atoms with E-state index in [1.807, 2.05) is 24.3 Å². The van der Waals surface area contributed by atoms with Gasteiger partial charge in [-0.2, -0.15) is 0 Å². The quantitative estimate of drug-likeness (QED) is 0.559. The molecule has 0 aliphatic carbocycles. The Hall–Kier alpha value is -1.89. The third-order valence-corrected chi connectivity index (χ3v) is 3.81. The number of hydrogen-bond donors (Lipinski definition) is 0. The molecule has 0 saturated heterocycles. The lowest BCUT2D eigenvalue weighted by molar-refractivity contribution is 0.750. The number of rotatable bonds is 7. The first kappa shape index (κ1) is 16.5. The summed E-state index contributed by atoms with van der Waals surface area (Å²) in [5, 5.41) is 0. The number of aryl methyl sites for hydroxylation is 1. The molecule has 116 valence electrons. The van der Waals surface area contributed by atoms with Gasteiger partial charge in [0.05, 0.1) is 0 Å². The molecular formula is C21H25F. The van der Waals surface area contributed by atoms with Gasteiger partial charge in [-0.15, -0.1) is 0 Å². The minimum Gasteiger partial charge on any atom is -0.207 e. The van der Waals surface area contributed by atoms with Gasteiger partial charge >= 0.3 is 0 Å². The van der Waals surface area contributed by atoms with Crippen molar-refractivity contribution in [2.45, 2.75) is 46.0 Å². The van der Waals surface area contributed by atoms with E-state index >= 15 is 0 Å². The number of halogens is 1. The van der Waals surface area contributed by atoms with Gasteiger partial charge in [-0.1, -0.05) is 75.2 Å². The van der Waals surface area contributed by atoms with E-state index in [-0.39, 0.29) is 5.83 Å². The maximum Gasteiger partial charge on any atom is 0.126 e. The van der Waals surface area contributed by atoms with Gasteiger partial charge in [-0.3, -0.25) is 0 Å². The average Bonchev–Trinajstić information content (AvgIpc) is 2.55. The lowest BCUT2D eigenvalue weighted by Gasteiger charge is -2.05. The molecule has 0 heterocycles. The summed E-state index contributed by atoms with van der Waals surface area (Å²) < 4.78 is 13.9. The van der Waals surface area contributed by atoms with Gasteiger partial charge in [0.2, 0.25) is 0 Å². The molecule has 0 N–H and O–H groups in total. The van der Waals surface area contributed by atoms with E-state index in [4.69, 9.17) is 0 Å². The molecule has 0 unspecified atom stereocenters. The largest absolute Gasteiger partial charge is 0.207 e. The maximum absolute atomic E-state index is 13.9. The Bertz CT molecular complexity index is 591. The fraction of sp³-hybridized carbons (Fsp3) is 0.333. The van der Waals surface area contributed by atoms with E-state index in [0.29, 0.717) is 5.56 Å². The van der Waals surface area contributed by atoms with Crippen molar-refractivity contribution < 1.29 is 4.39 Å². The van der Waals surface area contributed by atoms with Crippen molar-refractivity contribution in [3.8, 4) is 0 Å². The Kier molecular flexibility index (Phi) is 6.39. The molecule has 0 spiro atoms. The fourth-order valence-corrected chi connectivity index (χ4v) is 2.52. The van der Waals surface area contributed by atoms with E-state index in [0.717, 1.165) is 25.7 Å². The molecule has 2 rings (SSSR count). The SMILES string of the molecule is CCCC=C(F)c1ccc(Cc2ccc(CCC)cc2)cc1. The van der Waals surface area contributed by atoms with E-state index in [2.05, 4.69) is 38.1 Å². The first-order valence-corrected chi connectivity index (χ1v) is 8.25. The van der Waals surface area contributed by atoms with Crippen LogP contribution in [0.1, 0.15) is 55.4 Å². The van der Waals surface area contributed by atoms with Crippen LogP contribution in [0.15, 0.2) is 54.6 Å². The second kappa shape index (κ2) is 8.53. The van der Waals surface area contributed by atoms with Crippen molar-refractivity contribution in [3.63, 3.8) is 0 Å². The lowest BCUT2D eigenvalue weighted by atomic mass is 10.0. The molecule has 0 nitrogen and oxygen atoms in total. The summed E-state index contributed by atoms with van der Waals surface area (Å²) in [6, 6.07) is 16.6. The second-order valence-corrected chi connectivity index (χ2v) is 5.78. The van der Waals surface area contributed by atoms with Crippen molar-refractivity contribution in [1.29, 1.82) is 0 Å². The van der Waals surface area contributed by atoms with Gasteiger partial charge in [0.25, 0.3) is 0 Å². The van der Waals surface area contributed by atoms with Crippen LogP contribution in [0.2, 0.25) is 0 Å². The number of benzene rings is 2. The molecule has 2 aromatic rings. The summed E-state index contributed by atoms with van der Waals surface area (Å²) in [6.07, 6.45) is 6.64. The van der Waals surface area contributed by atoms with Crippen LogP contribution >= 0.6 is 0 Å². The number of hydrogen-bond acceptors (Lipinski definition) is 0. The smallest absolute Gasteiger partial charge is 0.126 e. The summed E-state index contributed by atoms with van der Waals surface area (Å²) in [7, 11) is 0. The summed E-state index contributed by atoms with van der Waals surface area (Å²) in [6.45, 7) is 4.25. The van der Waals surface area contributed by atoms with Crippen LogP contribution in [0.5, 0.6) is 0 Å². The monoisotopic (exact) mass is 296 g/mol. The van der Waals surface area contributed by atoms with E-state index < -0.39 is 0 Å². The zero-order chi connectivity index (χ0) is 15.8. The van der Waals surface area contributed by atoms with E-state index in [1.165, 1.54) is 23.1 Å². The molecule has 0 aromatic heterocycles. The van der Waals surface area contributed by atoms with Crippen LogP contribution in [0, 0.1) is 0 Å². The molecule has 0 fully saturated rings. The first-order valence-electron chi connectivity index (χ1n) is 8.25. The highest BCUT2D eigenvalue weighted by Gasteiger charge is 2.01. The Labute approximate surface area is 133 Å². The topological polar surface area (TPSA) is 0 Å². The minimum atomic E-state index is -0.114. The molecule has 0 amide bonds. The van der Waals surface area contributed by atoms with E-state index in [9.17, 15) is 4.39 Å². The standard InChI is InChI=1S/C21H25F/c1-3-5-7-21(22)20-14-12-19(13-15-20)16-18-10-8-17(6-4-2)9-11-18/h7-15H,3-6,16H2,1-2H3. The number of unbranched alkanes of at least 4 members (excludes halogenated alkanes) is 1. The molecule has 22 heavy (non-hydrogen) atoms. The lowest BCUT2D eigenvalue weighted by Crippen LogP contribution is -1.90. The maximum atomic E-state index is 13.9. The van der Waals surface area contributed by atoms with Gasteiger partial charge in [0, 0.05) is 5.56 Å². The predicted octanol–water partition coefficient (Wildman–Crippen LogP) is 6.34. The van der Waals surface area contributed by atoms with Gasteiger partial charge in [0.1, 0.15) is 5.83 Å². The molecule has 0 bridgehead atoms. The van der Waals surface area contributed by atoms with Gasteiger partial charge in [0.15, 0.2) is 0 Å². The van der Waals surface area contributed by atoms with Crippen molar-refractivity contribution in [1.82, 2.24) is 0 Å². The third-order valence-electron chi connectivity index (χ3n) is 3.81. The fourth-order valence-electron chi connectivity index (χ4n) is 2.52. The van der Waals surface area contributed by atoms with Crippen LogP contribution in [0.25, 0.3) is 5.83 Å². The highest BCUT2D eigenvalue weighted by molar-refractivity contribution is 5.59. The molecule has 0 radical (unpaired) electrons. The van der Waals surface area contributed by atoms with Crippen molar-refractivity contribution in [3.05, 3.63) is 76.9 Å². The molecule has 0 atom stereocenters. The zero-order valence-electron chi connectivity index (χ0n) is 13.6. The average molecular weight is 296 g/mol. The molecule has 0 aliphatic heterocycles. The third kappa shape index (κ3) is 4.84. The summed E-state index contributed by atoms with van der Waals surface area (Å²) in [4.78, 5) is 0. The highest BCUT2D eigenvalue weighted by atomic mass is 19.1. The van der Waals surface area contributed by atoms with Crippen molar-refractivity contribution in [2.75, 3.05) is 0 Å². The van der Waals surface area contributed by atoms with Crippen LogP contribution < -0.4 is 0 Å². The Morgan fingerprint density at radius 2 is 1.36 bits per heavy atom. The van der Waals surface area contributed by atoms with Crippen molar-refractivity contribution in [2.24, 2.45) is 0 Å². The second-order valence-electron chi connectivity index (χ2n) is 5.78. The van der Waals surface area contributed by atoms with E-state index in [1.54, 1.807) is 6.08 Å². The Morgan fingerprint density at radius 3 is 1.91 bits per heavy atom. The molecule has 1 heteroatoms. The van der Waals surface area contributed by atoms with Crippen LogP contribution in [-0.2, 0) is 12.8 Å². The zero-order valence-corrected chi connectivity index (χ0v) is 13.6. The minimum absolute atomic E-state index is 0.114. The molecule has 0 aliphatic rings. The molecule has 0 saturated carbocycles. The van der Waals surface area contributed by atoms with Gasteiger partial charge in [-0.05, 0) is 42.0 Å².